The first-order valence-electron chi connectivity index (χ1n) is 20.5. The highest BCUT2D eigenvalue weighted by Crippen LogP contribution is 2.37. The average molecular weight is 869 g/mol. The minimum Gasteiger partial charge on any atom is -0.481 e. The van der Waals surface area contributed by atoms with E-state index in [-0.39, 0.29) is 37.5 Å². The number of Topliss-reactive ketones (excluding diaryl/α,β-unsaturated/α-hetero) is 1. The second-order valence-electron chi connectivity index (χ2n) is 16.2. The van der Waals surface area contributed by atoms with Crippen molar-refractivity contribution in [3.8, 4) is 0 Å². The largest absolute Gasteiger partial charge is 0.481 e. The van der Waals surface area contributed by atoms with Gasteiger partial charge in [0.1, 0.15) is 35.7 Å². The van der Waals surface area contributed by atoms with Crippen molar-refractivity contribution in [3.05, 3.63) is 0 Å². The summed E-state index contributed by atoms with van der Waals surface area (Å²) in [5, 5.41) is 49.4. The summed E-state index contributed by atoms with van der Waals surface area (Å²) in [7, 11) is 0. The molecule has 0 saturated heterocycles. The van der Waals surface area contributed by atoms with Gasteiger partial charge in [-0.2, -0.15) is 0 Å². The number of ketones is 1. The Kier molecular flexibility index (Phi) is 20.7. The molecule has 0 unspecified atom stereocenters. The van der Waals surface area contributed by atoms with E-state index in [1.165, 1.54) is 0 Å². The molecule has 0 aromatic carbocycles. The second-order valence-corrected chi connectivity index (χ2v) is 16.2. The van der Waals surface area contributed by atoms with E-state index in [1.807, 2.05) is 5.48 Å². The van der Waals surface area contributed by atoms with Gasteiger partial charge in [0.25, 0.3) is 5.78 Å². The van der Waals surface area contributed by atoms with E-state index in [2.05, 4.69) is 31.4 Å². The summed E-state index contributed by atoms with van der Waals surface area (Å²) in [6, 6.07) is -7.34. The molecule has 6 atom stereocenters. The zero-order chi connectivity index (χ0) is 46.0. The third-order valence-corrected chi connectivity index (χ3v) is 10.6. The first kappa shape index (κ1) is 51.5. The molecule has 342 valence electrons. The van der Waals surface area contributed by atoms with Gasteiger partial charge in [-0.25, -0.2) is 4.79 Å². The predicted octanol–water partition coefficient (Wildman–Crippen LogP) is -0.0886. The van der Waals surface area contributed by atoms with Gasteiger partial charge in [0.05, 0.1) is 19.3 Å². The molecule has 5 amide bonds. The van der Waals surface area contributed by atoms with E-state index in [0.29, 0.717) is 6.42 Å². The standard InChI is InChI=1S/C39H60N6O16/c1-5-21(4)31(37(58)42-25(18-22-9-7-6-8-10-22)36(57)44-39(15-16-39)32(53)38(59)60)43-34(55)24(17-20(2)3)41-33(54)23(11-12-27(46)47)40-35(56)26(19-29(50)51)45-61-30(52)14-13-28(48)49/h20-26,31,45H,5-19H2,1-4H3,(H,40,56)(H,41,54)(H,42,58)(H,43,55)(H,44,57)(H,46,47)(H,48,49)(H,50,51)(H,59,60)/t21-,23-,24+,25+,26+,31+/m1/s1. The van der Waals surface area contributed by atoms with Gasteiger partial charge in [0.15, 0.2) is 0 Å². The lowest BCUT2D eigenvalue weighted by atomic mass is 9.84. The fourth-order valence-electron chi connectivity index (χ4n) is 6.81. The van der Waals surface area contributed by atoms with Gasteiger partial charge in [0.2, 0.25) is 29.5 Å². The summed E-state index contributed by atoms with van der Waals surface area (Å²) >= 11 is 0. The van der Waals surface area contributed by atoms with E-state index in [4.69, 9.17) is 5.11 Å². The predicted molar refractivity (Wildman–Crippen MR) is 210 cm³/mol. The lowest BCUT2D eigenvalue weighted by molar-refractivity contribution is -0.159. The van der Waals surface area contributed by atoms with E-state index in [0.717, 1.165) is 32.1 Å². The van der Waals surface area contributed by atoms with E-state index >= 15 is 0 Å². The Balaban J connectivity index is 2.33. The van der Waals surface area contributed by atoms with Gasteiger partial charge < -0.3 is 51.8 Å². The summed E-state index contributed by atoms with van der Waals surface area (Å²) in [6.45, 7) is 6.88. The minimum atomic E-state index is -1.83. The van der Waals surface area contributed by atoms with Crippen LogP contribution in [0.4, 0.5) is 0 Å². The van der Waals surface area contributed by atoms with Gasteiger partial charge >= 0.3 is 29.8 Å². The quantitative estimate of drug-likeness (QED) is 0.0363. The van der Waals surface area contributed by atoms with Gasteiger partial charge in [0, 0.05) is 6.42 Å². The number of hydroxylamine groups is 1. The van der Waals surface area contributed by atoms with Crippen molar-refractivity contribution in [2.45, 2.75) is 160 Å². The van der Waals surface area contributed by atoms with Crippen molar-refractivity contribution in [2.24, 2.45) is 17.8 Å². The maximum absolute atomic E-state index is 14.0. The van der Waals surface area contributed by atoms with Crippen LogP contribution in [-0.2, 0) is 57.6 Å². The Hall–Kier alpha value is -5.67. The van der Waals surface area contributed by atoms with Gasteiger partial charge in [-0.3, -0.25) is 47.9 Å². The van der Waals surface area contributed by atoms with Crippen molar-refractivity contribution in [1.29, 1.82) is 0 Å². The number of aliphatic carboxylic acids is 4. The molecule has 2 saturated carbocycles. The monoisotopic (exact) mass is 868 g/mol. The lowest BCUT2D eigenvalue weighted by Crippen LogP contribution is -2.61. The highest BCUT2D eigenvalue weighted by molar-refractivity contribution is 6.37. The summed E-state index contributed by atoms with van der Waals surface area (Å²) in [5.41, 5.74) is 0.362. The Morgan fingerprint density at radius 1 is 0.639 bits per heavy atom. The molecule has 22 heteroatoms. The molecule has 2 aliphatic rings. The van der Waals surface area contributed by atoms with Crippen LogP contribution in [0.15, 0.2) is 0 Å². The van der Waals surface area contributed by atoms with Crippen LogP contribution in [-0.4, -0.2) is 121 Å². The Morgan fingerprint density at radius 3 is 1.72 bits per heavy atom. The molecular formula is C39H60N6O16. The first-order valence-corrected chi connectivity index (χ1v) is 20.5. The molecule has 0 aliphatic heterocycles. The van der Waals surface area contributed by atoms with Crippen molar-refractivity contribution >= 4 is 65.2 Å². The maximum Gasteiger partial charge on any atom is 0.374 e. The zero-order valence-electron chi connectivity index (χ0n) is 34.9. The summed E-state index contributed by atoms with van der Waals surface area (Å²) < 4.78 is 0. The zero-order valence-corrected chi connectivity index (χ0v) is 34.9. The topological polar surface area (TPSA) is 350 Å². The molecule has 0 spiro atoms. The molecule has 0 bridgehead atoms. The second kappa shape index (κ2) is 24.6. The van der Waals surface area contributed by atoms with Crippen LogP contribution < -0.4 is 32.1 Å². The molecule has 2 rings (SSSR count). The Bertz CT molecular complexity index is 1640. The summed E-state index contributed by atoms with van der Waals surface area (Å²) in [5.74, 6) is -13.6. The molecule has 0 radical (unpaired) electrons. The smallest absolute Gasteiger partial charge is 0.374 e. The molecule has 10 N–H and O–H groups in total. The van der Waals surface area contributed by atoms with Crippen LogP contribution >= 0.6 is 0 Å². The summed E-state index contributed by atoms with van der Waals surface area (Å²) in [6.07, 6.45) is 1.73. The number of carboxylic acid groups (broad SMARTS) is 4. The molecule has 0 heterocycles. The fraction of sp³-hybridized carbons (Fsp3) is 0.718. The van der Waals surface area contributed by atoms with Crippen LogP contribution in [0.1, 0.15) is 124 Å². The number of nitrogens with one attached hydrogen (secondary N) is 6. The first-order chi connectivity index (χ1) is 28.6. The number of hydrogen-bond acceptors (Lipinski definition) is 13. The molecule has 0 aromatic heterocycles. The normalized spacial score (nSPS) is 17.5. The lowest BCUT2D eigenvalue weighted by Gasteiger charge is -2.31. The van der Waals surface area contributed by atoms with Gasteiger partial charge in [-0.05, 0) is 49.9 Å². The molecule has 2 aliphatic carbocycles. The maximum atomic E-state index is 14.0. The molecule has 2 fully saturated rings. The average Bonchev–Trinajstić information content (AvgIpc) is 3.97. The molecule has 0 aromatic rings. The van der Waals surface area contributed by atoms with Crippen LogP contribution in [0.25, 0.3) is 0 Å². The van der Waals surface area contributed by atoms with Crippen molar-refractivity contribution in [2.75, 3.05) is 0 Å². The highest BCUT2D eigenvalue weighted by Gasteiger charge is 2.54. The van der Waals surface area contributed by atoms with Crippen molar-refractivity contribution < 1.29 is 78.0 Å². The van der Waals surface area contributed by atoms with Crippen LogP contribution in [0.3, 0.4) is 0 Å². The summed E-state index contributed by atoms with van der Waals surface area (Å²) in [4.78, 5) is 143. The van der Waals surface area contributed by atoms with Gasteiger partial charge in [-0.15, -0.1) is 5.48 Å². The highest BCUT2D eigenvalue weighted by atomic mass is 16.7. The van der Waals surface area contributed by atoms with Crippen LogP contribution in [0, 0.1) is 17.8 Å². The minimum absolute atomic E-state index is 0.0199. The molecule has 61 heavy (non-hydrogen) atoms. The molecular weight excluding hydrogens is 808 g/mol. The third kappa shape index (κ3) is 17.8. The van der Waals surface area contributed by atoms with Crippen molar-refractivity contribution in [3.63, 3.8) is 0 Å². The van der Waals surface area contributed by atoms with E-state index in [9.17, 15) is 68.1 Å². The number of carbonyl (C=O) groups is 11. The number of carbonyl (C=O) groups excluding carboxylic acids is 7. The fourth-order valence-corrected chi connectivity index (χ4v) is 6.81. The van der Waals surface area contributed by atoms with Crippen molar-refractivity contribution in [1.82, 2.24) is 32.1 Å². The van der Waals surface area contributed by atoms with E-state index in [1.54, 1.807) is 27.7 Å². The number of amides is 5. The number of hydrogen-bond donors (Lipinski definition) is 10. The number of rotatable bonds is 28. The number of carboxylic acids is 4. The SMILES string of the molecule is CC[C@@H](C)[C@H](NC(=O)[C@H](CC(C)C)NC(=O)[C@@H](CCC(=O)O)NC(=O)[C@H](CC(=O)O)NOC(=O)CCC(=O)O)C(=O)N[C@@H](CC1CCCCC1)C(=O)NC1(C(=O)C(=O)O)CC1. The van der Waals surface area contributed by atoms with Crippen LogP contribution in [0.5, 0.6) is 0 Å². The van der Waals surface area contributed by atoms with Crippen LogP contribution in [0.2, 0.25) is 0 Å². The Labute approximate surface area is 352 Å². The van der Waals surface area contributed by atoms with Gasteiger partial charge in [-0.1, -0.05) is 66.2 Å². The third-order valence-electron chi connectivity index (χ3n) is 10.6. The van der Waals surface area contributed by atoms with E-state index < -0.39 is 139 Å². The Morgan fingerprint density at radius 2 is 1.20 bits per heavy atom. The molecule has 22 nitrogen and oxygen atoms in total.